The Morgan fingerprint density at radius 1 is 1.40 bits per heavy atom. The van der Waals surface area contributed by atoms with Crippen molar-refractivity contribution in [3.8, 4) is 0 Å². The largest absolute Gasteiger partial charge is 0.293 e. The molecule has 1 nitrogen and oxygen atoms in total. The van der Waals surface area contributed by atoms with Gasteiger partial charge < -0.3 is 0 Å². The zero-order chi connectivity index (χ0) is 11.3. The van der Waals surface area contributed by atoms with Gasteiger partial charge in [0, 0.05) is 11.3 Å². The summed E-state index contributed by atoms with van der Waals surface area (Å²) in [4.78, 5) is 14.0. The van der Waals surface area contributed by atoms with Gasteiger partial charge in [0.1, 0.15) is 0 Å². The quantitative estimate of drug-likeness (QED) is 0.658. The lowest BCUT2D eigenvalue weighted by atomic mass is 10.0. The van der Waals surface area contributed by atoms with E-state index < -0.39 is 0 Å². The summed E-state index contributed by atoms with van der Waals surface area (Å²) in [6.07, 6.45) is 3.92. The van der Waals surface area contributed by atoms with Crippen LogP contribution in [0.15, 0.2) is 12.1 Å². The molecule has 0 fully saturated rings. The van der Waals surface area contributed by atoms with E-state index in [1.54, 1.807) is 11.3 Å². The predicted molar refractivity (Wildman–Crippen MR) is 66.7 cm³/mol. The van der Waals surface area contributed by atoms with E-state index in [0.29, 0.717) is 18.1 Å². The molecule has 0 unspecified atom stereocenters. The summed E-state index contributed by atoms with van der Waals surface area (Å²) in [5.74, 6) is 1.02. The third-order valence-electron chi connectivity index (χ3n) is 2.47. The summed E-state index contributed by atoms with van der Waals surface area (Å²) >= 11 is 1.65. The maximum atomic E-state index is 11.8. The van der Waals surface area contributed by atoms with Gasteiger partial charge in [-0.2, -0.15) is 0 Å². The zero-order valence-corrected chi connectivity index (χ0v) is 10.7. The Balaban J connectivity index is 2.40. The van der Waals surface area contributed by atoms with E-state index in [2.05, 4.69) is 26.8 Å². The summed E-state index contributed by atoms with van der Waals surface area (Å²) in [5.41, 5.74) is 0. The Bertz CT molecular complexity index is 312. The Kier molecular flexibility index (Phi) is 5.03. The van der Waals surface area contributed by atoms with Crippen LogP contribution in [-0.2, 0) is 6.42 Å². The number of thiophene rings is 1. The van der Waals surface area contributed by atoms with Crippen molar-refractivity contribution in [2.45, 2.75) is 46.5 Å². The second-order valence-corrected chi connectivity index (χ2v) is 5.50. The van der Waals surface area contributed by atoms with Crippen molar-refractivity contribution >= 4 is 17.1 Å². The molecule has 0 aliphatic rings. The highest BCUT2D eigenvalue weighted by atomic mass is 32.1. The highest BCUT2D eigenvalue weighted by molar-refractivity contribution is 7.14. The Morgan fingerprint density at radius 3 is 2.67 bits per heavy atom. The summed E-state index contributed by atoms with van der Waals surface area (Å²) in [6, 6.07) is 4.04. The third kappa shape index (κ3) is 4.17. The molecule has 0 radical (unpaired) electrons. The lowest BCUT2D eigenvalue weighted by Gasteiger charge is -2.02. The molecule has 84 valence electrons. The summed E-state index contributed by atoms with van der Waals surface area (Å²) < 4.78 is 0. The van der Waals surface area contributed by atoms with Gasteiger partial charge in [-0.05, 0) is 30.9 Å². The van der Waals surface area contributed by atoms with Crippen LogP contribution in [0.5, 0.6) is 0 Å². The maximum Gasteiger partial charge on any atom is 0.172 e. The molecule has 0 N–H and O–H groups in total. The minimum absolute atomic E-state index is 0.320. The molecular weight excluding hydrogens is 204 g/mol. The van der Waals surface area contributed by atoms with E-state index in [1.807, 2.05) is 6.07 Å². The second kappa shape index (κ2) is 6.06. The van der Waals surface area contributed by atoms with Crippen molar-refractivity contribution < 1.29 is 4.79 Å². The van der Waals surface area contributed by atoms with Crippen molar-refractivity contribution in [1.29, 1.82) is 0 Å². The Morgan fingerprint density at radius 2 is 2.13 bits per heavy atom. The van der Waals surface area contributed by atoms with Crippen molar-refractivity contribution in [2.75, 3.05) is 0 Å². The number of aryl methyl sites for hydroxylation is 1. The molecule has 0 bridgehead atoms. The average molecular weight is 224 g/mol. The molecule has 0 atom stereocenters. The smallest absolute Gasteiger partial charge is 0.172 e. The van der Waals surface area contributed by atoms with E-state index in [4.69, 9.17) is 0 Å². The van der Waals surface area contributed by atoms with Gasteiger partial charge in [0.2, 0.25) is 0 Å². The summed E-state index contributed by atoms with van der Waals surface area (Å²) in [7, 11) is 0. The Hall–Kier alpha value is -0.630. The van der Waals surface area contributed by atoms with Gasteiger partial charge in [-0.25, -0.2) is 0 Å². The van der Waals surface area contributed by atoms with Gasteiger partial charge >= 0.3 is 0 Å². The van der Waals surface area contributed by atoms with Gasteiger partial charge in [-0.3, -0.25) is 4.79 Å². The molecule has 0 saturated carbocycles. The molecule has 2 heteroatoms. The molecule has 1 heterocycles. The number of Topliss-reactive ketones (excluding diaryl/α,β-unsaturated/α-hetero) is 1. The lowest BCUT2D eigenvalue weighted by molar-refractivity contribution is 0.0982. The van der Waals surface area contributed by atoms with Crippen LogP contribution < -0.4 is 0 Å². The molecule has 15 heavy (non-hydrogen) atoms. The fourth-order valence-electron chi connectivity index (χ4n) is 1.51. The van der Waals surface area contributed by atoms with Gasteiger partial charge in [0.25, 0.3) is 0 Å². The van der Waals surface area contributed by atoms with Crippen molar-refractivity contribution in [2.24, 2.45) is 5.92 Å². The first kappa shape index (κ1) is 12.4. The molecule has 0 amide bonds. The van der Waals surface area contributed by atoms with Gasteiger partial charge in [0.05, 0.1) is 4.88 Å². The van der Waals surface area contributed by atoms with Crippen LogP contribution in [0.3, 0.4) is 0 Å². The van der Waals surface area contributed by atoms with Crippen molar-refractivity contribution in [3.63, 3.8) is 0 Å². The standard InChI is InChI=1S/C13H20OS/c1-4-11-8-9-13(15-11)12(14)7-5-6-10(2)3/h8-10H,4-7H2,1-3H3. The third-order valence-corrected chi connectivity index (χ3v) is 3.74. The molecule has 0 saturated heterocycles. The first-order valence-electron chi connectivity index (χ1n) is 5.75. The highest BCUT2D eigenvalue weighted by Gasteiger charge is 2.08. The Labute approximate surface area is 96.5 Å². The monoisotopic (exact) mass is 224 g/mol. The van der Waals surface area contributed by atoms with Crippen LogP contribution >= 0.6 is 11.3 Å². The molecule has 1 aromatic heterocycles. The number of hydrogen-bond acceptors (Lipinski definition) is 2. The molecule has 0 aliphatic heterocycles. The lowest BCUT2D eigenvalue weighted by Crippen LogP contribution is -1.97. The maximum absolute atomic E-state index is 11.8. The fraction of sp³-hybridized carbons (Fsp3) is 0.615. The number of hydrogen-bond donors (Lipinski definition) is 0. The van der Waals surface area contributed by atoms with Gasteiger partial charge in [-0.1, -0.05) is 27.2 Å². The molecular formula is C13H20OS. The minimum Gasteiger partial charge on any atom is -0.293 e. The van der Waals surface area contributed by atoms with E-state index in [-0.39, 0.29) is 0 Å². The minimum atomic E-state index is 0.320. The molecule has 0 spiro atoms. The van der Waals surface area contributed by atoms with E-state index in [1.165, 1.54) is 4.88 Å². The molecule has 1 aromatic rings. The molecule has 0 aromatic carbocycles. The molecule has 0 aliphatic carbocycles. The topological polar surface area (TPSA) is 17.1 Å². The predicted octanol–water partition coefficient (Wildman–Crippen LogP) is 4.32. The van der Waals surface area contributed by atoms with E-state index in [9.17, 15) is 4.79 Å². The van der Waals surface area contributed by atoms with Crippen molar-refractivity contribution in [3.05, 3.63) is 21.9 Å². The number of rotatable bonds is 6. The van der Waals surface area contributed by atoms with E-state index >= 15 is 0 Å². The van der Waals surface area contributed by atoms with Gasteiger partial charge in [-0.15, -0.1) is 11.3 Å². The average Bonchev–Trinajstić information content (AvgIpc) is 2.65. The van der Waals surface area contributed by atoms with Crippen LogP contribution in [0.1, 0.15) is 54.6 Å². The van der Waals surface area contributed by atoms with Crippen LogP contribution in [0, 0.1) is 5.92 Å². The number of ketones is 1. The van der Waals surface area contributed by atoms with Gasteiger partial charge in [0.15, 0.2) is 5.78 Å². The summed E-state index contributed by atoms with van der Waals surface area (Å²) in [6.45, 7) is 6.52. The number of carbonyl (C=O) groups excluding carboxylic acids is 1. The fourth-order valence-corrected chi connectivity index (χ4v) is 2.43. The van der Waals surface area contributed by atoms with Crippen LogP contribution in [0.4, 0.5) is 0 Å². The summed E-state index contributed by atoms with van der Waals surface area (Å²) in [5, 5.41) is 0. The van der Waals surface area contributed by atoms with E-state index in [0.717, 1.165) is 24.1 Å². The molecule has 1 rings (SSSR count). The van der Waals surface area contributed by atoms with Crippen molar-refractivity contribution in [1.82, 2.24) is 0 Å². The van der Waals surface area contributed by atoms with Crippen LogP contribution in [0.2, 0.25) is 0 Å². The second-order valence-electron chi connectivity index (χ2n) is 4.33. The van der Waals surface area contributed by atoms with Crippen LogP contribution in [-0.4, -0.2) is 5.78 Å². The van der Waals surface area contributed by atoms with Crippen LogP contribution in [0.25, 0.3) is 0 Å². The zero-order valence-electron chi connectivity index (χ0n) is 9.88. The SMILES string of the molecule is CCc1ccc(C(=O)CCCC(C)C)s1. The first-order chi connectivity index (χ1) is 7.13. The normalized spacial score (nSPS) is 10.9. The first-order valence-corrected chi connectivity index (χ1v) is 6.57. The highest BCUT2D eigenvalue weighted by Crippen LogP contribution is 2.19. The number of carbonyl (C=O) groups is 1.